The second kappa shape index (κ2) is 26.0. The third kappa shape index (κ3) is 36.9. The Kier molecular flexibility index (Phi) is 61.7. The Hall–Kier alpha value is 6.09. The van der Waals surface area contributed by atoms with Crippen molar-refractivity contribution in [1.29, 1.82) is 0 Å². The minimum absolute atomic E-state index is 0. The Bertz CT molecular complexity index is 183. The maximum absolute atomic E-state index is 9.09. The van der Waals surface area contributed by atoms with Gasteiger partial charge in [-0.05, 0) is 0 Å². The second-order valence-electron chi connectivity index (χ2n) is 0.816. The predicted octanol–water partition coefficient (Wildman–Crippen LogP) is -11.7. The zero-order valence-electron chi connectivity index (χ0n) is 8.20. The van der Waals surface area contributed by atoms with E-state index in [9.17, 15) is 0 Å². The largest absolute Gasteiger partial charge is 1.00 e. The van der Waals surface area contributed by atoms with Crippen molar-refractivity contribution in [3.05, 3.63) is 0 Å². The molecule has 0 amide bonds. The molecule has 16 heavy (non-hydrogen) atoms. The van der Waals surface area contributed by atoms with Gasteiger partial charge in [-0.1, -0.05) is 0 Å². The van der Waals surface area contributed by atoms with E-state index >= 15 is 0 Å². The van der Waals surface area contributed by atoms with Crippen LogP contribution in [0.4, 0.5) is 0 Å². The van der Waals surface area contributed by atoms with Crippen LogP contribution < -0.4 is 154 Å². The minimum atomic E-state index is -2.95. The van der Waals surface area contributed by atoms with Gasteiger partial charge in [-0.25, -0.2) is 0 Å². The maximum Gasteiger partial charge on any atom is 1.00 e. The summed E-state index contributed by atoms with van der Waals surface area (Å²) in [7, 11) is -11.8. The molecule has 0 spiro atoms. The third-order valence-electron chi connectivity index (χ3n) is 0.222. The van der Waals surface area contributed by atoms with Crippen LogP contribution in [0.5, 0.6) is 0 Å². The Labute approximate surface area is 244 Å². The van der Waals surface area contributed by atoms with Gasteiger partial charge in [0.25, 0.3) is 0 Å². The first kappa shape index (κ1) is 38.0. The van der Waals surface area contributed by atoms with E-state index in [0.29, 0.717) is 0 Å². The summed E-state index contributed by atoms with van der Waals surface area (Å²) in [6.45, 7) is 0. The molecule has 4 unspecified atom stereocenters. The molecule has 0 radical (unpaired) electrons. The van der Waals surface area contributed by atoms with Gasteiger partial charge in [0, 0.05) is 40.4 Å². The van der Waals surface area contributed by atoms with Gasteiger partial charge in [-0.15, -0.1) is 0 Å². The summed E-state index contributed by atoms with van der Waals surface area (Å²) in [6, 6.07) is 0. The van der Waals surface area contributed by atoms with Crippen LogP contribution in [0.3, 0.4) is 0 Å². The minimum Gasteiger partial charge on any atom is -0.763 e. The zero-order valence-corrected chi connectivity index (χ0v) is 23.0. The van der Waals surface area contributed by atoms with Crippen LogP contribution in [0.15, 0.2) is 0 Å². The monoisotopic (exact) mass is 570 g/mol. The van der Waals surface area contributed by atoms with E-state index in [1.165, 1.54) is 0 Å². The molecule has 0 saturated heterocycles. The fraction of sp³-hybridized carbons (Fsp3) is 0. The molecule has 0 heterocycles. The molecular weight excluding hydrogens is 571 g/mol. The summed E-state index contributed by atoms with van der Waals surface area (Å²) in [5.41, 5.74) is 0. The van der Waals surface area contributed by atoms with Crippen molar-refractivity contribution in [2.75, 3.05) is 0 Å². The van der Waals surface area contributed by atoms with Crippen LogP contribution >= 0.6 is 0 Å². The van der Waals surface area contributed by atoms with E-state index in [2.05, 4.69) is 0 Å². The topological polar surface area (TPSA) is 161 Å². The van der Waals surface area contributed by atoms with Gasteiger partial charge in [0.2, 0.25) is 0 Å². The average molecular weight is 571 g/mol. The van der Waals surface area contributed by atoms with Gasteiger partial charge in [0.15, 0.2) is 0 Å². The normalized spacial score (nSPS) is 14.8. The fourth-order valence-corrected chi connectivity index (χ4v) is 0. The van der Waals surface area contributed by atoms with Crippen molar-refractivity contribution in [1.82, 2.24) is 0 Å². The van der Waals surface area contributed by atoms with Crippen molar-refractivity contribution >= 4 is 40.4 Å². The standard InChI is InChI=1S/Au.3K.2H2O4S2/c;;;;2*1-5(2)6(3)4/h;;;;2*(H,1,2)(H,3,4)/q4*+1;;/p-4. The molecule has 0 aromatic carbocycles. The Balaban J connectivity index is -0.0000000250. The van der Waals surface area contributed by atoms with E-state index in [1.54, 1.807) is 0 Å². The molecule has 0 fully saturated rings. The summed E-state index contributed by atoms with van der Waals surface area (Å²) >= 11 is 0. The molecule has 0 aromatic heterocycles. The molecule has 0 aliphatic carbocycles. The smallest absolute Gasteiger partial charge is 0.763 e. The summed E-state index contributed by atoms with van der Waals surface area (Å²) in [5.74, 6) is 0. The molecule has 8 nitrogen and oxygen atoms in total. The molecule has 0 rings (SSSR count). The van der Waals surface area contributed by atoms with Crippen LogP contribution in [-0.2, 0) is 62.8 Å². The fourth-order valence-electron chi connectivity index (χ4n) is 0. The first-order valence-corrected chi connectivity index (χ1v) is 7.00. The van der Waals surface area contributed by atoms with Crippen LogP contribution in [0.2, 0.25) is 0 Å². The van der Waals surface area contributed by atoms with E-state index in [0.717, 1.165) is 0 Å². The molecule has 4 atom stereocenters. The average Bonchev–Trinajstić information content (AvgIpc) is 1.88. The van der Waals surface area contributed by atoms with Crippen molar-refractivity contribution in [2.45, 2.75) is 0 Å². The van der Waals surface area contributed by atoms with Crippen molar-refractivity contribution in [3.63, 3.8) is 0 Å². The Morgan fingerprint density at radius 2 is 0.562 bits per heavy atom. The SMILES string of the molecule is O=S([O-])S(=O)[O-].O=S([O-])S(=O)[O-].[Au+].[K+].[K+].[K+]. The summed E-state index contributed by atoms with van der Waals surface area (Å²) < 4.78 is 72.7. The van der Waals surface area contributed by atoms with E-state index < -0.39 is 40.4 Å². The quantitative estimate of drug-likeness (QED) is 0.180. The van der Waals surface area contributed by atoms with Crippen LogP contribution in [0, 0.1) is 0 Å². The Morgan fingerprint density at radius 1 is 0.500 bits per heavy atom. The first-order chi connectivity index (χ1) is 5.29. The van der Waals surface area contributed by atoms with Crippen LogP contribution in [-0.4, -0.2) is 35.0 Å². The maximum atomic E-state index is 9.09. The molecular formula is AuK3O8S4. The molecule has 0 aromatic rings. The van der Waals surface area contributed by atoms with Gasteiger partial charge in [-0.3, -0.25) is 16.8 Å². The van der Waals surface area contributed by atoms with E-state index in [4.69, 9.17) is 35.0 Å². The van der Waals surface area contributed by atoms with E-state index in [-0.39, 0.29) is 177 Å². The van der Waals surface area contributed by atoms with Gasteiger partial charge in [0.1, 0.15) is 0 Å². The Morgan fingerprint density at radius 3 is 0.562 bits per heavy atom. The van der Waals surface area contributed by atoms with Gasteiger partial charge in [-0.2, -0.15) is 0 Å². The molecule has 0 aliphatic rings. The number of rotatable bonds is 2. The molecule has 86 valence electrons. The molecule has 0 N–H and O–H groups in total. The molecule has 0 saturated carbocycles. The molecule has 16 heteroatoms. The number of hydrogen-bond donors (Lipinski definition) is 0. The molecule has 0 bridgehead atoms. The van der Waals surface area contributed by atoms with Crippen LogP contribution in [0.1, 0.15) is 0 Å². The van der Waals surface area contributed by atoms with E-state index in [1.807, 2.05) is 0 Å². The van der Waals surface area contributed by atoms with Gasteiger partial charge >= 0.3 is 177 Å². The van der Waals surface area contributed by atoms with Crippen LogP contribution in [0.25, 0.3) is 0 Å². The molecule has 0 aliphatic heterocycles. The number of hydrogen-bond acceptors (Lipinski definition) is 8. The summed E-state index contributed by atoms with van der Waals surface area (Å²) in [5, 5.41) is 0. The van der Waals surface area contributed by atoms with Crippen molar-refractivity contribution < 1.29 is 212 Å². The first-order valence-electron chi connectivity index (χ1n) is 1.67. The third-order valence-corrected chi connectivity index (χ3v) is 2.00. The van der Waals surface area contributed by atoms with Gasteiger partial charge in [0.05, 0.1) is 0 Å². The predicted molar refractivity (Wildman–Crippen MR) is 35.7 cm³/mol. The summed E-state index contributed by atoms with van der Waals surface area (Å²) in [6.07, 6.45) is 0. The van der Waals surface area contributed by atoms with Crippen molar-refractivity contribution in [3.8, 4) is 0 Å². The zero-order chi connectivity index (χ0) is 10.3. The summed E-state index contributed by atoms with van der Waals surface area (Å²) in [4.78, 5) is 0. The second-order valence-corrected chi connectivity index (χ2v) is 5.72. The van der Waals surface area contributed by atoms with Gasteiger partial charge < -0.3 is 18.2 Å². The van der Waals surface area contributed by atoms with Crippen molar-refractivity contribution in [2.24, 2.45) is 0 Å².